The van der Waals surface area contributed by atoms with Gasteiger partial charge >= 0.3 is 5.97 Å². The van der Waals surface area contributed by atoms with E-state index in [1.807, 2.05) is 0 Å². The largest absolute Gasteiger partial charge is 0.459 e. The van der Waals surface area contributed by atoms with Gasteiger partial charge in [0.15, 0.2) is 0 Å². The predicted molar refractivity (Wildman–Crippen MR) is 103 cm³/mol. The first kappa shape index (κ1) is 18.0. The standard InChI is InChI=1S/C20H14FN3O3S/c21-13-7-5-12(6-8-13)20-22-14(11-28-20)10-27-18(25)9-17-15-3-1-2-4-16(15)19(26)24-23-17/h1-8,11H,9-10H2,(H,24,26). The van der Waals surface area contributed by atoms with E-state index in [0.29, 0.717) is 22.2 Å². The molecule has 8 heteroatoms. The Balaban J connectivity index is 1.42. The molecule has 4 rings (SSSR count). The summed E-state index contributed by atoms with van der Waals surface area (Å²) in [6, 6.07) is 13.0. The highest BCUT2D eigenvalue weighted by molar-refractivity contribution is 7.13. The van der Waals surface area contributed by atoms with Crippen molar-refractivity contribution in [3.05, 3.63) is 81.5 Å². The summed E-state index contributed by atoms with van der Waals surface area (Å²) in [6.07, 6.45) is -0.0632. The zero-order chi connectivity index (χ0) is 19.5. The smallest absolute Gasteiger partial charge is 0.312 e. The molecule has 0 unspecified atom stereocenters. The van der Waals surface area contributed by atoms with Crippen molar-refractivity contribution in [3.63, 3.8) is 0 Å². The topological polar surface area (TPSA) is 84.9 Å². The van der Waals surface area contributed by atoms with Gasteiger partial charge in [0.25, 0.3) is 5.56 Å². The van der Waals surface area contributed by atoms with E-state index in [-0.39, 0.29) is 24.4 Å². The third-order valence-electron chi connectivity index (χ3n) is 4.11. The Hall–Kier alpha value is -3.39. The molecular weight excluding hydrogens is 381 g/mol. The third-order valence-corrected chi connectivity index (χ3v) is 5.05. The average Bonchev–Trinajstić information content (AvgIpc) is 3.18. The molecule has 1 N–H and O–H groups in total. The average molecular weight is 395 g/mol. The van der Waals surface area contributed by atoms with Crippen LogP contribution in [0.1, 0.15) is 11.4 Å². The van der Waals surface area contributed by atoms with E-state index in [0.717, 1.165) is 10.6 Å². The first-order chi connectivity index (χ1) is 13.6. The van der Waals surface area contributed by atoms with Crippen LogP contribution in [0, 0.1) is 5.82 Å². The van der Waals surface area contributed by atoms with Gasteiger partial charge in [-0.3, -0.25) is 9.59 Å². The number of nitrogens with one attached hydrogen (secondary N) is 1. The van der Waals surface area contributed by atoms with Gasteiger partial charge in [0.1, 0.15) is 17.4 Å². The Morgan fingerprint density at radius 3 is 2.64 bits per heavy atom. The van der Waals surface area contributed by atoms with Crippen molar-refractivity contribution in [2.45, 2.75) is 13.0 Å². The SMILES string of the molecule is O=C(Cc1n[nH]c(=O)c2ccccc12)OCc1csc(-c2ccc(F)cc2)n1. The molecule has 2 heterocycles. The van der Waals surface area contributed by atoms with E-state index in [1.165, 1.54) is 23.5 Å². The molecule has 4 aromatic rings. The van der Waals surface area contributed by atoms with Gasteiger partial charge in [0.2, 0.25) is 0 Å². The van der Waals surface area contributed by atoms with E-state index >= 15 is 0 Å². The fourth-order valence-electron chi connectivity index (χ4n) is 2.75. The maximum atomic E-state index is 13.0. The quantitative estimate of drug-likeness (QED) is 0.523. The molecule has 0 spiro atoms. The van der Waals surface area contributed by atoms with Gasteiger partial charge in [-0.1, -0.05) is 18.2 Å². The minimum Gasteiger partial charge on any atom is -0.459 e. The Bertz CT molecular complexity index is 1200. The lowest BCUT2D eigenvalue weighted by atomic mass is 10.1. The van der Waals surface area contributed by atoms with Crippen LogP contribution in [0.25, 0.3) is 21.3 Å². The molecule has 28 heavy (non-hydrogen) atoms. The molecule has 0 saturated heterocycles. The van der Waals surface area contributed by atoms with E-state index in [9.17, 15) is 14.0 Å². The maximum Gasteiger partial charge on any atom is 0.312 e. The highest BCUT2D eigenvalue weighted by atomic mass is 32.1. The number of hydrogen-bond acceptors (Lipinski definition) is 6. The van der Waals surface area contributed by atoms with E-state index < -0.39 is 5.97 Å². The summed E-state index contributed by atoms with van der Waals surface area (Å²) in [7, 11) is 0. The summed E-state index contributed by atoms with van der Waals surface area (Å²) in [5.41, 5.74) is 1.55. The predicted octanol–water partition coefficient (Wildman–Crippen LogP) is 3.47. The van der Waals surface area contributed by atoms with Gasteiger partial charge in [-0.15, -0.1) is 11.3 Å². The van der Waals surface area contributed by atoms with E-state index in [4.69, 9.17) is 4.74 Å². The zero-order valence-corrected chi connectivity index (χ0v) is 15.3. The Morgan fingerprint density at radius 1 is 1.11 bits per heavy atom. The number of carbonyl (C=O) groups is 1. The van der Waals surface area contributed by atoms with Gasteiger partial charge in [-0.25, -0.2) is 14.5 Å². The van der Waals surface area contributed by atoms with Crippen molar-refractivity contribution in [2.75, 3.05) is 0 Å². The highest BCUT2D eigenvalue weighted by Crippen LogP contribution is 2.24. The monoisotopic (exact) mass is 395 g/mol. The van der Waals surface area contributed by atoms with Crippen LogP contribution in [-0.4, -0.2) is 21.2 Å². The van der Waals surface area contributed by atoms with Gasteiger partial charge in [-0.2, -0.15) is 5.10 Å². The molecule has 0 radical (unpaired) electrons. The summed E-state index contributed by atoms with van der Waals surface area (Å²) in [4.78, 5) is 28.4. The molecule has 0 aliphatic rings. The fraction of sp³-hybridized carbons (Fsp3) is 0.100. The summed E-state index contributed by atoms with van der Waals surface area (Å²) in [5, 5.41) is 9.98. The van der Waals surface area contributed by atoms with E-state index in [2.05, 4.69) is 15.2 Å². The van der Waals surface area contributed by atoms with Crippen LogP contribution in [0.4, 0.5) is 4.39 Å². The Labute approximate surface area is 162 Å². The summed E-state index contributed by atoms with van der Waals surface area (Å²) >= 11 is 1.39. The molecule has 0 fully saturated rings. The van der Waals surface area contributed by atoms with Crippen LogP contribution in [0.2, 0.25) is 0 Å². The van der Waals surface area contributed by atoms with Gasteiger partial charge in [0.05, 0.1) is 23.2 Å². The molecule has 0 saturated carbocycles. The number of rotatable bonds is 5. The molecule has 0 aliphatic carbocycles. The van der Waals surface area contributed by atoms with Crippen molar-refractivity contribution in [1.29, 1.82) is 0 Å². The molecule has 2 aromatic carbocycles. The number of carbonyl (C=O) groups excluding carboxylic acids is 1. The number of fused-ring (bicyclic) bond motifs is 1. The number of H-pyrrole nitrogens is 1. The van der Waals surface area contributed by atoms with E-state index in [1.54, 1.807) is 41.8 Å². The van der Waals surface area contributed by atoms with Gasteiger partial charge in [-0.05, 0) is 30.3 Å². The van der Waals surface area contributed by atoms with Crippen LogP contribution < -0.4 is 5.56 Å². The number of thiazole rings is 1. The Kier molecular flexibility index (Phi) is 4.94. The number of aromatic nitrogens is 3. The number of halogens is 1. The van der Waals surface area contributed by atoms with Crippen LogP contribution in [-0.2, 0) is 22.6 Å². The van der Waals surface area contributed by atoms with Gasteiger partial charge < -0.3 is 4.74 Å². The number of aromatic amines is 1. The van der Waals surface area contributed by atoms with Crippen LogP contribution >= 0.6 is 11.3 Å². The number of hydrogen-bond donors (Lipinski definition) is 1. The van der Waals surface area contributed by atoms with Crippen molar-refractivity contribution in [1.82, 2.24) is 15.2 Å². The normalized spacial score (nSPS) is 10.9. The lowest BCUT2D eigenvalue weighted by Gasteiger charge is -2.05. The first-order valence-corrected chi connectivity index (χ1v) is 9.30. The van der Waals surface area contributed by atoms with Crippen molar-refractivity contribution in [2.24, 2.45) is 0 Å². The molecule has 0 aliphatic heterocycles. The summed E-state index contributed by atoms with van der Waals surface area (Å²) in [5.74, 6) is -0.779. The third kappa shape index (κ3) is 3.81. The zero-order valence-electron chi connectivity index (χ0n) is 14.5. The molecule has 2 aromatic heterocycles. The first-order valence-electron chi connectivity index (χ1n) is 8.42. The van der Waals surface area contributed by atoms with Crippen LogP contribution in [0.3, 0.4) is 0 Å². The van der Waals surface area contributed by atoms with Crippen molar-refractivity contribution < 1.29 is 13.9 Å². The number of esters is 1. The van der Waals surface area contributed by atoms with Gasteiger partial charge in [0, 0.05) is 16.3 Å². The van der Waals surface area contributed by atoms with Crippen molar-refractivity contribution in [3.8, 4) is 10.6 Å². The lowest BCUT2D eigenvalue weighted by Crippen LogP contribution is -2.15. The molecule has 0 amide bonds. The second-order valence-corrected chi connectivity index (χ2v) is 6.89. The molecule has 6 nitrogen and oxygen atoms in total. The Morgan fingerprint density at radius 2 is 1.86 bits per heavy atom. The maximum absolute atomic E-state index is 13.0. The van der Waals surface area contributed by atoms with Crippen LogP contribution in [0.5, 0.6) is 0 Å². The second-order valence-electron chi connectivity index (χ2n) is 6.03. The lowest BCUT2D eigenvalue weighted by molar-refractivity contribution is -0.144. The summed E-state index contributed by atoms with van der Waals surface area (Å²) < 4.78 is 18.3. The summed E-state index contributed by atoms with van der Waals surface area (Å²) in [6.45, 7) is 0.0256. The molecular formula is C20H14FN3O3S. The molecule has 0 atom stereocenters. The molecule has 140 valence electrons. The number of nitrogens with zero attached hydrogens (tertiary/aromatic N) is 2. The second kappa shape index (κ2) is 7.69. The molecule has 0 bridgehead atoms. The number of benzene rings is 2. The minimum atomic E-state index is -0.471. The number of ether oxygens (including phenoxy) is 1. The minimum absolute atomic E-state index is 0.0256. The van der Waals surface area contributed by atoms with Crippen molar-refractivity contribution >= 4 is 28.1 Å². The van der Waals surface area contributed by atoms with Crippen LogP contribution in [0.15, 0.2) is 58.7 Å². The highest BCUT2D eigenvalue weighted by Gasteiger charge is 2.13. The fourth-order valence-corrected chi connectivity index (χ4v) is 3.56.